The second kappa shape index (κ2) is 3.87. The zero-order valence-corrected chi connectivity index (χ0v) is 10.7. The molecule has 0 radical (unpaired) electrons. The monoisotopic (exact) mass is 284 g/mol. The molecule has 2 heterocycles. The molecule has 0 amide bonds. The Labute approximate surface area is 110 Å². The first kappa shape index (κ1) is 10.8. The van der Waals surface area contributed by atoms with Gasteiger partial charge in [-0.3, -0.25) is 0 Å². The van der Waals surface area contributed by atoms with E-state index in [1.807, 2.05) is 5.38 Å². The van der Waals surface area contributed by atoms with Gasteiger partial charge in [-0.2, -0.15) is 0 Å². The van der Waals surface area contributed by atoms with Crippen molar-refractivity contribution in [1.82, 2.24) is 15.0 Å². The molecule has 1 aromatic carbocycles. The number of H-pyrrole nitrogens is 1. The Morgan fingerprint density at radius 1 is 1.18 bits per heavy atom. The van der Waals surface area contributed by atoms with E-state index < -0.39 is 0 Å². The number of nitrogen functional groups attached to an aromatic ring is 1. The molecule has 0 saturated carbocycles. The quantitative estimate of drug-likeness (QED) is 0.718. The minimum absolute atomic E-state index is 0.481. The summed E-state index contributed by atoms with van der Waals surface area (Å²) in [6, 6.07) is 3.46. The van der Waals surface area contributed by atoms with E-state index in [2.05, 4.69) is 15.0 Å². The first-order valence-corrected chi connectivity index (χ1v) is 6.33. The summed E-state index contributed by atoms with van der Waals surface area (Å²) in [5, 5.41) is 3.33. The maximum absolute atomic E-state index is 5.93. The van der Waals surface area contributed by atoms with Crippen LogP contribution in [-0.2, 0) is 0 Å². The number of aromatic nitrogens is 3. The zero-order valence-electron chi connectivity index (χ0n) is 8.37. The molecule has 86 valence electrons. The molecular formula is C10H6Cl2N4S. The van der Waals surface area contributed by atoms with Gasteiger partial charge in [0.25, 0.3) is 0 Å². The van der Waals surface area contributed by atoms with E-state index in [0.717, 1.165) is 16.7 Å². The van der Waals surface area contributed by atoms with Crippen molar-refractivity contribution in [2.24, 2.45) is 0 Å². The molecule has 0 atom stereocenters. The summed E-state index contributed by atoms with van der Waals surface area (Å²) in [5.74, 6) is 0.659. The van der Waals surface area contributed by atoms with Crippen LogP contribution in [-0.4, -0.2) is 15.0 Å². The lowest BCUT2D eigenvalue weighted by Crippen LogP contribution is -1.83. The smallest absolute Gasteiger partial charge is 0.180 e. The second-order valence-electron chi connectivity index (χ2n) is 3.44. The van der Waals surface area contributed by atoms with Crippen molar-refractivity contribution in [2.75, 3.05) is 5.73 Å². The maximum Gasteiger partial charge on any atom is 0.180 e. The first-order chi connectivity index (χ1) is 8.13. The van der Waals surface area contributed by atoms with Crippen LogP contribution in [0.4, 0.5) is 5.13 Å². The van der Waals surface area contributed by atoms with Gasteiger partial charge in [0, 0.05) is 5.38 Å². The standard InChI is InChI=1S/C10H6Cl2N4S/c11-4-1-6-7(2-5(4)12)15-9(14-6)8-3-17-10(13)16-8/h1-3H,(H2,13,16)(H,14,15). The summed E-state index contributed by atoms with van der Waals surface area (Å²) in [6.07, 6.45) is 0. The highest BCUT2D eigenvalue weighted by atomic mass is 35.5. The highest BCUT2D eigenvalue weighted by molar-refractivity contribution is 7.13. The fourth-order valence-electron chi connectivity index (χ4n) is 1.52. The van der Waals surface area contributed by atoms with Gasteiger partial charge in [0.15, 0.2) is 11.0 Å². The average Bonchev–Trinajstić information content (AvgIpc) is 2.85. The summed E-state index contributed by atoms with van der Waals surface area (Å²) in [5.41, 5.74) is 7.87. The van der Waals surface area contributed by atoms with Crippen LogP contribution in [0, 0.1) is 0 Å². The van der Waals surface area contributed by atoms with Gasteiger partial charge in [0.1, 0.15) is 5.69 Å². The molecule has 4 nitrogen and oxygen atoms in total. The SMILES string of the molecule is Nc1nc(-c2nc3cc(Cl)c(Cl)cc3[nH]2)cs1. The molecule has 0 spiro atoms. The molecule has 0 fully saturated rings. The van der Waals surface area contributed by atoms with Crippen molar-refractivity contribution in [3.05, 3.63) is 27.6 Å². The van der Waals surface area contributed by atoms with Gasteiger partial charge in [0.05, 0.1) is 21.1 Å². The largest absolute Gasteiger partial charge is 0.375 e. The van der Waals surface area contributed by atoms with Crippen LogP contribution < -0.4 is 5.73 Å². The molecule has 7 heteroatoms. The van der Waals surface area contributed by atoms with Crippen LogP contribution in [0.15, 0.2) is 17.5 Å². The number of thiazole rings is 1. The Morgan fingerprint density at radius 2 is 1.94 bits per heavy atom. The Morgan fingerprint density at radius 3 is 2.65 bits per heavy atom. The molecule has 0 aliphatic rings. The summed E-state index contributed by atoms with van der Waals surface area (Å²) >= 11 is 13.2. The Kier molecular flexibility index (Phi) is 2.47. The van der Waals surface area contributed by atoms with Crippen molar-refractivity contribution in [3.8, 4) is 11.5 Å². The fraction of sp³-hybridized carbons (Fsp3) is 0. The number of rotatable bonds is 1. The third-order valence-corrected chi connectivity index (χ3v) is 3.68. The predicted octanol–water partition coefficient (Wildman–Crippen LogP) is 3.58. The predicted molar refractivity (Wildman–Crippen MR) is 71.6 cm³/mol. The van der Waals surface area contributed by atoms with E-state index in [1.165, 1.54) is 11.3 Å². The van der Waals surface area contributed by atoms with Crippen molar-refractivity contribution in [1.29, 1.82) is 0 Å². The van der Waals surface area contributed by atoms with Gasteiger partial charge in [-0.1, -0.05) is 23.2 Å². The molecule has 0 saturated heterocycles. The number of hydrogen-bond acceptors (Lipinski definition) is 4. The number of nitrogens with two attached hydrogens (primary N) is 1. The van der Waals surface area contributed by atoms with E-state index in [0.29, 0.717) is 21.0 Å². The van der Waals surface area contributed by atoms with Crippen LogP contribution in [0.5, 0.6) is 0 Å². The van der Waals surface area contributed by atoms with Crippen LogP contribution >= 0.6 is 34.5 Å². The number of hydrogen-bond donors (Lipinski definition) is 2. The van der Waals surface area contributed by atoms with Gasteiger partial charge in [-0.15, -0.1) is 11.3 Å². The number of aromatic amines is 1. The van der Waals surface area contributed by atoms with Crippen LogP contribution in [0.3, 0.4) is 0 Å². The number of nitrogens with one attached hydrogen (secondary N) is 1. The zero-order chi connectivity index (χ0) is 12.0. The summed E-state index contributed by atoms with van der Waals surface area (Å²) in [6.45, 7) is 0. The normalized spacial score (nSPS) is 11.2. The third-order valence-electron chi connectivity index (χ3n) is 2.29. The van der Waals surface area contributed by atoms with Crippen molar-refractivity contribution < 1.29 is 0 Å². The molecule has 0 aliphatic heterocycles. The molecule has 3 aromatic rings. The number of nitrogens with zero attached hydrogens (tertiary/aromatic N) is 2. The molecule has 3 N–H and O–H groups in total. The van der Waals surface area contributed by atoms with Gasteiger partial charge < -0.3 is 10.7 Å². The van der Waals surface area contributed by atoms with Crippen LogP contribution in [0.25, 0.3) is 22.6 Å². The molecule has 0 unspecified atom stereocenters. The summed E-state index contributed by atoms with van der Waals surface area (Å²) in [4.78, 5) is 11.7. The van der Waals surface area contributed by atoms with Crippen molar-refractivity contribution in [2.45, 2.75) is 0 Å². The maximum atomic E-state index is 5.93. The highest BCUT2D eigenvalue weighted by Gasteiger charge is 2.10. The van der Waals surface area contributed by atoms with Gasteiger partial charge in [-0.05, 0) is 12.1 Å². The molecule has 3 rings (SSSR count). The van der Waals surface area contributed by atoms with Gasteiger partial charge in [0.2, 0.25) is 0 Å². The number of halogens is 2. The lowest BCUT2D eigenvalue weighted by Gasteiger charge is -1.93. The highest BCUT2D eigenvalue weighted by Crippen LogP contribution is 2.29. The summed E-state index contributed by atoms with van der Waals surface area (Å²) < 4.78 is 0. The third kappa shape index (κ3) is 1.86. The lowest BCUT2D eigenvalue weighted by molar-refractivity contribution is 1.28. The number of imidazole rings is 1. The molecule has 17 heavy (non-hydrogen) atoms. The number of anilines is 1. The van der Waals surface area contributed by atoms with Gasteiger partial charge >= 0.3 is 0 Å². The topological polar surface area (TPSA) is 67.6 Å². The molecular weight excluding hydrogens is 279 g/mol. The fourth-order valence-corrected chi connectivity index (χ4v) is 2.39. The van der Waals surface area contributed by atoms with Crippen molar-refractivity contribution in [3.63, 3.8) is 0 Å². The minimum atomic E-state index is 0.481. The average molecular weight is 285 g/mol. The Balaban J connectivity index is 2.19. The summed E-state index contributed by atoms with van der Waals surface area (Å²) in [7, 11) is 0. The van der Waals surface area contributed by atoms with Gasteiger partial charge in [-0.25, -0.2) is 9.97 Å². The van der Waals surface area contributed by atoms with E-state index >= 15 is 0 Å². The molecule has 0 bridgehead atoms. The Hall–Kier alpha value is -1.30. The van der Waals surface area contributed by atoms with Crippen LogP contribution in [0.2, 0.25) is 10.0 Å². The first-order valence-electron chi connectivity index (χ1n) is 4.69. The van der Waals surface area contributed by atoms with E-state index in [4.69, 9.17) is 28.9 Å². The number of benzene rings is 1. The van der Waals surface area contributed by atoms with Crippen LogP contribution in [0.1, 0.15) is 0 Å². The Bertz CT molecular complexity index is 664. The van der Waals surface area contributed by atoms with Crippen molar-refractivity contribution >= 4 is 50.7 Å². The second-order valence-corrected chi connectivity index (χ2v) is 5.14. The minimum Gasteiger partial charge on any atom is -0.375 e. The molecule has 0 aliphatic carbocycles. The van der Waals surface area contributed by atoms with E-state index in [9.17, 15) is 0 Å². The number of fused-ring (bicyclic) bond motifs is 1. The molecule has 2 aromatic heterocycles. The van der Waals surface area contributed by atoms with E-state index in [-0.39, 0.29) is 0 Å². The lowest BCUT2D eigenvalue weighted by atomic mass is 10.3. The van der Waals surface area contributed by atoms with E-state index in [1.54, 1.807) is 12.1 Å².